The van der Waals surface area contributed by atoms with E-state index in [2.05, 4.69) is 4.72 Å². The highest BCUT2D eigenvalue weighted by molar-refractivity contribution is 7.92. The van der Waals surface area contributed by atoms with Crippen LogP contribution in [0.15, 0.2) is 47.4 Å². The molecule has 24 heavy (non-hydrogen) atoms. The Kier molecular flexibility index (Phi) is 4.64. The van der Waals surface area contributed by atoms with Gasteiger partial charge in [-0.05, 0) is 18.2 Å². The summed E-state index contributed by atoms with van der Waals surface area (Å²) in [5.41, 5.74) is -1.41. The number of hydrogen-bond donors (Lipinski definition) is 1. The summed E-state index contributed by atoms with van der Waals surface area (Å²) >= 11 is 0. The lowest BCUT2D eigenvalue weighted by Crippen LogP contribution is -2.15. The number of para-hydroxylation sites is 2. The predicted octanol–water partition coefficient (Wildman–Crippen LogP) is 2.31. The van der Waals surface area contributed by atoms with Crippen LogP contribution in [0, 0.1) is 20.2 Å². The molecule has 0 bridgehead atoms. The minimum absolute atomic E-state index is 0.0765. The maximum absolute atomic E-state index is 12.4. The third-order valence-corrected chi connectivity index (χ3v) is 4.40. The van der Waals surface area contributed by atoms with Gasteiger partial charge in [0.15, 0.2) is 4.90 Å². The maximum atomic E-state index is 12.4. The molecule has 0 aliphatic rings. The molecule has 0 unspecified atom stereocenters. The number of nitrogens with one attached hydrogen (secondary N) is 1. The van der Waals surface area contributed by atoms with Crippen molar-refractivity contribution in [2.45, 2.75) is 4.90 Å². The molecule has 0 aromatic heterocycles. The van der Waals surface area contributed by atoms with E-state index in [1.165, 1.54) is 19.2 Å². The zero-order valence-corrected chi connectivity index (χ0v) is 13.0. The van der Waals surface area contributed by atoms with Crippen LogP contribution in [0.3, 0.4) is 0 Å². The maximum Gasteiger partial charge on any atom is 0.296 e. The van der Waals surface area contributed by atoms with Crippen molar-refractivity contribution in [2.75, 3.05) is 11.8 Å². The summed E-state index contributed by atoms with van der Waals surface area (Å²) in [5, 5.41) is 21.8. The number of hydrogen-bond acceptors (Lipinski definition) is 7. The molecular formula is C13H11N3O7S. The van der Waals surface area contributed by atoms with E-state index >= 15 is 0 Å². The van der Waals surface area contributed by atoms with Gasteiger partial charge in [-0.2, -0.15) is 0 Å². The van der Waals surface area contributed by atoms with E-state index in [9.17, 15) is 28.6 Å². The summed E-state index contributed by atoms with van der Waals surface area (Å²) in [4.78, 5) is 19.3. The molecule has 2 aromatic rings. The lowest BCUT2D eigenvalue weighted by molar-refractivity contribution is -0.396. The molecule has 0 aliphatic carbocycles. The first-order valence-corrected chi connectivity index (χ1v) is 7.83. The quantitative estimate of drug-likeness (QED) is 0.620. The fourth-order valence-corrected chi connectivity index (χ4v) is 3.14. The van der Waals surface area contributed by atoms with Crippen LogP contribution < -0.4 is 9.46 Å². The summed E-state index contributed by atoms with van der Waals surface area (Å²) in [6.45, 7) is 0. The monoisotopic (exact) mass is 353 g/mol. The van der Waals surface area contributed by atoms with Crippen molar-refractivity contribution in [3.63, 3.8) is 0 Å². The summed E-state index contributed by atoms with van der Waals surface area (Å²) in [6.07, 6.45) is 0. The van der Waals surface area contributed by atoms with Crippen LogP contribution in [0.4, 0.5) is 17.1 Å². The topological polar surface area (TPSA) is 142 Å². The Balaban J connectivity index is 2.53. The number of methoxy groups -OCH3 is 1. The van der Waals surface area contributed by atoms with Crippen LogP contribution in [0.5, 0.6) is 5.75 Å². The zero-order chi connectivity index (χ0) is 17.9. The largest absolute Gasteiger partial charge is 0.495 e. The van der Waals surface area contributed by atoms with Gasteiger partial charge in [-0.25, -0.2) is 8.42 Å². The summed E-state index contributed by atoms with van der Waals surface area (Å²) in [7, 11) is -3.02. The van der Waals surface area contributed by atoms with Crippen molar-refractivity contribution >= 4 is 27.1 Å². The van der Waals surface area contributed by atoms with Crippen molar-refractivity contribution in [3.8, 4) is 5.75 Å². The van der Waals surface area contributed by atoms with Gasteiger partial charge in [0.25, 0.3) is 21.4 Å². The molecule has 0 radical (unpaired) electrons. The number of ether oxygens (including phenoxy) is 1. The molecule has 0 aliphatic heterocycles. The number of nitro benzene ring substituents is 2. The lowest BCUT2D eigenvalue weighted by Gasteiger charge is -2.11. The standard InChI is InChI=1S/C13H11N3O7S/c1-23-12-5-3-2-4-10(12)14-24(21,22)13-7-6-9(15(17)18)8-11(13)16(19)20/h2-8,14H,1H3. The first-order valence-electron chi connectivity index (χ1n) is 6.35. The molecule has 0 atom stereocenters. The minimum Gasteiger partial charge on any atom is -0.495 e. The van der Waals surface area contributed by atoms with Crippen molar-refractivity contribution < 1.29 is 23.0 Å². The van der Waals surface area contributed by atoms with E-state index in [0.29, 0.717) is 6.07 Å². The molecule has 126 valence electrons. The Labute approximate surface area is 136 Å². The Bertz CT molecular complexity index is 912. The Hall–Kier alpha value is -3.21. The number of non-ortho nitro benzene ring substituents is 1. The highest BCUT2D eigenvalue weighted by Gasteiger charge is 2.29. The third kappa shape index (κ3) is 3.41. The van der Waals surface area contributed by atoms with E-state index in [1.54, 1.807) is 12.1 Å². The van der Waals surface area contributed by atoms with Crippen molar-refractivity contribution in [1.82, 2.24) is 0 Å². The Morgan fingerprint density at radius 2 is 1.71 bits per heavy atom. The molecule has 0 saturated heterocycles. The average molecular weight is 353 g/mol. The van der Waals surface area contributed by atoms with Crippen molar-refractivity contribution in [2.24, 2.45) is 0 Å². The van der Waals surface area contributed by atoms with Crippen LogP contribution in [0.25, 0.3) is 0 Å². The van der Waals surface area contributed by atoms with Crippen LogP contribution in [-0.2, 0) is 10.0 Å². The number of anilines is 1. The first-order chi connectivity index (χ1) is 11.3. The molecule has 0 heterocycles. The SMILES string of the molecule is COc1ccccc1NS(=O)(=O)c1ccc([N+](=O)[O-])cc1[N+](=O)[O-]. The number of nitro groups is 2. The fourth-order valence-electron chi connectivity index (χ4n) is 1.92. The number of benzene rings is 2. The van der Waals surface area contributed by atoms with Crippen LogP contribution in [0.2, 0.25) is 0 Å². The van der Waals surface area contributed by atoms with Gasteiger partial charge in [-0.3, -0.25) is 25.0 Å². The predicted molar refractivity (Wildman–Crippen MR) is 83.6 cm³/mol. The van der Waals surface area contributed by atoms with Gasteiger partial charge in [0.1, 0.15) is 5.75 Å². The second-order valence-corrected chi connectivity index (χ2v) is 6.12. The normalized spacial score (nSPS) is 10.9. The molecule has 0 fully saturated rings. The van der Waals surface area contributed by atoms with Gasteiger partial charge in [0.2, 0.25) is 0 Å². The number of rotatable bonds is 6. The molecule has 10 nitrogen and oxygen atoms in total. The smallest absolute Gasteiger partial charge is 0.296 e. The highest BCUT2D eigenvalue weighted by Crippen LogP contribution is 2.31. The molecule has 0 spiro atoms. The molecule has 1 N–H and O–H groups in total. The van der Waals surface area contributed by atoms with E-state index in [0.717, 1.165) is 12.1 Å². The van der Waals surface area contributed by atoms with Gasteiger partial charge >= 0.3 is 0 Å². The Morgan fingerprint density at radius 1 is 1.04 bits per heavy atom. The lowest BCUT2D eigenvalue weighted by atomic mass is 10.3. The summed E-state index contributed by atoms with van der Waals surface area (Å²) in [5.74, 6) is 0.214. The number of nitrogens with zero attached hydrogens (tertiary/aromatic N) is 2. The zero-order valence-electron chi connectivity index (χ0n) is 12.2. The van der Waals surface area contributed by atoms with Crippen LogP contribution in [-0.4, -0.2) is 25.4 Å². The van der Waals surface area contributed by atoms with Gasteiger partial charge in [0.05, 0.1) is 28.7 Å². The molecule has 2 rings (SSSR count). The van der Waals surface area contributed by atoms with Crippen molar-refractivity contribution in [1.29, 1.82) is 0 Å². The fraction of sp³-hybridized carbons (Fsp3) is 0.0769. The number of sulfonamides is 1. The first kappa shape index (κ1) is 17.1. The molecular weight excluding hydrogens is 342 g/mol. The van der Waals surface area contributed by atoms with Crippen molar-refractivity contribution in [3.05, 3.63) is 62.7 Å². The molecule has 0 saturated carbocycles. The second-order valence-electron chi connectivity index (χ2n) is 4.47. The van der Waals surface area contributed by atoms with E-state index < -0.39 is 36.1 Å². The van der Waals surface area contributed by atoms with E-state index in [1.807, 2.05) is 0 Å². The van der Waals surface area contributed by atoms with Gasteiger partial charge < -0.3 is 4.74 Å². The molecule has 0 amide bonds. The Morgan fingerprint density at radius 3 is 2.29 bits per heavy atom. The molecule has 11 heteroatoms. The summed E-state index contributed by atoms with van der Waals surface area (Å²) in [6, 6.07) is 8.36. The molecule has 2 aromatic carbocycles. The average Bonchev–Trinajstić information content (AvgIpc) is 2.54. The van der Waals surface area contributed by atoms with E-state index in [4.69, 9.17) is 4.74 Å². The van der Waals surface area contributed by atoms with Crippen LogP contribution >= 0.6 is 0 Å². The van der Waals surface area contributed by atoms with Gasteiger partial charge in [-0.1, -0.05) is 12.1 Å². The highest BCUT2D eigenvalue weighted by atomic mass is 32.2. The van der Waals surface area contributed by atoms with E-state index in [-0.39, 0.29) is 11.4 Å². The summed E-state index contributed by atoms with van der Waals surface area (Å²) < 4.78 is 32.0. The van der Waals surface area contributed by atoms with Gasteiger partial charge in [0, 0.05) is 6.07 Å². The minimum atomic E-state index is -4.36. The third-order valence-electron chi connectivity index (χ3n) is 2.99. The second kappa shape index (κ2) is 6.50. The van der Waals surface area contributed by atoms with Gasteiger partial charge in [-0.15, -0.1) is 0 Å². The van der Waals surface area contributed by atoms with Crippen LogP contribution in [0.1, 0.15) is 0 Å².